The summed E-state index contributed by atoms with van der Waals surface area (Å²) in [7, 11) is 1.75. The lowest BCUT2D eigenvalue weighted by atomic mass is 10.4. The van der Waals surface area contributed by atoms with E-state index in [1.54, 1.807) is 19.4 Å². The average Bonchev–Trinajstić information content (AvgIpc) is 2.62. The van der Waals surface area contributed by atoms with Gasteiger partial charge in [0, 0.05) is 19.0 Å². The summed E-state index contributed by atoms with van der Waals surface area (Å²) in [6.07, 6.45) is -0.540. The van der Waals surface area contributed by atoms with Crippen LogP contribution < -0.4 is 10.6 Å². The molecule has 0 saturated heterocycles. The lowest BCUT2D eigenvalue weighted by Crippen LogP contribution is -2.30. The number of nitrogens with one attached hydrogen (secondary N) is 2. The van der Waals surface area contributed by atoms with Crippen LogP contribution in [0, 0.1) is 0 Å². The Balaban J connectivity index is 2.52. The maximum Gasteiger partial charge on any atom is 0.270 e. The van der Waals surface area contributed by atoms with Crippen molar-refractivity contribution >= 4 is 22.4 Å². The van der Waals surface area contributed by atoms with Gasteiger partial charge in [-0.15, -0.1) is 11.3 Å². The number of aliphatic hydroxyl groups excluding tert-OH is 1. The van der Waals surface area contributed by atoms with Crippen molar-refractivity contribution in [3.05, 3.63) is 11.1 Å². The number of carbonyl (C=O) groups is 1. The first-order valence-electron chi connectivity index (χ1n) is 4.23. The van der Waals surface area contributed by atoms with E-state index in [1.165, 1.54) is 11.3 Å². The quantitative estimate of drug-likeness (QED) is 0.675. The number of rotatable bonds is 4. The highest BCUT2D eigenvalue weighted by Crippen LogP contribution is 2.13. The molecule has 0 fully saturated rings. The Morgan fingerprint density at radius 2 is 2.50 bits per heavy atom. The zero-order chi connectivity index (χ0) is 10.6. The molecule has 78 valence electrons. The molecule has 1 rings (SSSR count). The van der Waals surface area contributed by atoms with E-state index in [0.29, 0.717) is 10.8 Å². The lowest BCUT2D eigenvalue weighted by Gasteiger charge is -2.04. The molecule has 0 radical (unpaired) electrons. The van der Waals surface area contributed by atoms with Gasteiger partial charge in [-0.3, -0.25) is 4.79 Å². The third-order valence-electron chi connectivity index (χ3n) is 1.51. The maximum absolute atomic E-state index is 11.4. The summed E-state index contributed by atoms with van der Waals surface area (Å²) in [5.74, 6) is -0.261. The number of aliphatic hydroxyl groups is 1. The number of hydrogen-bond acceptors (Lipinski definition) is 5. The predicted octanol–water partition coefficient (Wildman–Crippen LogP) is 0.295. The van der Waals surface area contributed by atoms with Crippen LogP contribution >= 0.6 is 11.3 Å². The third-order valence-corrected chi connectivity index (χ3v) is 2.37. The largest absolute Gasteiger partial charge is 0.392 e. The second-order valence-corrected chi connectivity index (χ2v) is 3.71. The number of anilines is 1. The number of hydrogen-bond donors (Lipinski definition) is 3. The number of aromatic nitrogens is 1. The van der Waals surface area contributed by atoms with E-state index in [-0.39, 0.29) is 12.5 Å². The van der Waals surface area contributed by atoms with E-state index in [9.17, 15) is 4.79 Å². The maximum atomic E-state index is 11.4. The molecule has 0 spiro atoms. The Morgan fingerprint density at radius 3 is 3.00 bits per heavy atom. The van der Waals surface area contributed by atoms with Gasteiger partial charge in [0.05, 0.1) is 6.10 Å². The summed E-state index contributed by atoms with van der Waals surface area (Å²) in [6, 6.07) is 0. The van der Waals surface area contributed by atoms with Crippen LogP contribution in [0.3, 0.4) is 0 Å². The molecule has 1 amide bonds. The molecule has 1 atom stereocenters. The van der Waals surface area contributed by atoms with Crippen molar-refractivity contribution in [3.8, 4) is 0 Å². The van der Waals surface area contributed by atoms with Crippen LogP contribution in [-0.2, 0) is 0 Å². The zero-order valence-corrected chi connectivity index (χ0v) is 8.89. The van der Waals surface area contributed by atoms with Crippen LogP contribution in [0.5, 0.6) is 0 Å². The first kappa shape index (κ1) is 10.9. The number of amides is 1. The average molecular weight is 215 g/mol. The molecule has 1 aromatic rings. The van der Waals surface area contributed by atoms with Gasteiger partial charge in [0.1, 0.15) is 5.69 Å². The van der Waals surface area contributed by atoms with Gasteiger partial charge in [-0.25, -0.2) is 4.98 Å². The lowest BCUT2D eigenvalue weighted by molar-refractivity contribution is 0.0920. The molecule has 0 saturated carbocycles. The van der Waals surface area contributed by atoms with Crippen LogP contribution in [0.4, 0.5) is 5.13 Å². The van der Waals surface area contributed by atoms with E-state index in [4.69, 9.17) is 5.11 Å². The van der Waals surface area contributed by atoms with E-state index in [2.05, 4.69) is 15.6 Å². The van der Waals surface area contributed by atoms with Gasteiger partial charge in [0.25, 0.3) is 5.91 Å². The van der Waals surface area contributed by atoms with Crippen LogP contribution in [0.2, 0.25) is 0 Å². The van der Waals surface area contributed by atoms with Gasteiger partial charge in [0.15, 0.2) is 5.13 Å². The Labute approximate surface area is 86.2 Å². The second-order valence-electron chi connectivity index (χ2n) is 2.85. The first-order chi connectivity index (χ1) is 6.63. The summed E-state index contributed by atoms with van der Waals surface area (Å²) >= 11 is 1.37. The molecule has 0 unspecified atom stereocenters. The topological polar surface area (TPSA) is 74.2 Å². The van der Waals surface area contributed by atoms with Gasteiger partial charge in [-0.2, -0.15) is 0 Å². The number of nitrogens with zero attached hydrogens (tertiary/aromatic N) is 1. The molecule has 1 heterocycles. The van der Waals surface area contributed by atoms with Gasteiger partial charge in [-0.05, 0) is 6.92 Å². The molecule has 14 heavy (non-hydrogen) atoms. The Morgan fingerprint density at radius 1 is 1.79 bits per heavy atom. The van der Waals surface area contributed by atoms with Crippen LogP contribution in [-0.4, -0.2) is 35.7 Å². The van der Waals surface area contributed by atoms with Crippen molar-refractivity contribution < 1.29 is 9.90 Å². The molecule has 0 aliphatic rings. The zero-order valence-electron chi connectivity index (χ0n) is 8.07. The molecule has 1 aromatic heterocycles. The number of carbonyl (C=O) groups excluding carboxylic acids is 1. The Kier molecular flexibility index (Phi) is 3.84. The summed E-state index contributed by atoms with van der Waals surface area (Å²) in [5.41, 5.74) is 0.375. The van der Waals surface area contributed by atoms with Gasteiger partial charge >= 0.3 is 0 Å². The summed E-state index contributed by atoms with van der Waals surface area (Å²) < 4.78 is 0. The van der Waals surface area contributed by atoms with Crippen LogP contribution in [0.15, 0.2) is 5.38 Å². The van der Waals surface area contributed by atoms with E-state index >= 15 is 0 Å². The molecule has 0 aromatic carbocycles. The Hall–Kier alpha value is -1.14. The normalized spacial score (nSPS) is 12.2. The molecule has 0 bridgehead atoms. The van der Waals surface area contributed by atoms with Crippen molar-refractivity contribution in [1.82, 2.24) is 10.3 Å². The van der Waals surface area contributed by atoms with E-state index in [0.717, 1.165) is 0 Å². The minimum Gasteiger partial charge on any atom is -0.392 e. The van der Waals surface area contributed by atoms with Crippen molar-refractivity contribution in [2.45, 2.75) is 13.0 Å². The fraction of sp³-hybridized carbons (Fsp3) is 0.500. The van der Waals surface area contributed by atoms with Crippen LogP contribution in [0.1, 0.15) is 17.4 Å². The molecule has 0 aliphatic carbocycles. The number of thiazole rings is 1. The van der Waals surface area contributed by atoms with Crippen molar-refractivity contribution in [3.63, 3.8) is 0 Å². The molecule has 6 heteroatoms. The van der Waals surface area contributed by atoms with Crippen molar-refractivity contribution in [2.75, 3.05) is 18.9 Å². The summed E-state index contributed by atoms with van der Waals surface area (Å²) in [5, 5.41) is 16.7. The highest BCUT2D eigenvalue weighted by molar-refractivity contribution is 7.13. The highest BCUT2D eigenvalue weighted by atomic mass is 32.1. The second kappa shape index (κ2) is 4.92. The van der Waals surface area contributed by atoms with Crippen molar-refractivity contribution in [1.29, 1.82) is 0 Å². The van der Waals surface area contributed by atoms with Gasteiger partial charge in [-0.1, -0.05) is 0 Å². The minimum absolute atomic E-state index is 0.241. The monoisotopic (exact) mass is 215 g/mol. The molecular weight excluding hydrogens is 202 g/mol. The molecular formula is C8H13N3O2S. The summed E-state index contributed by atoms with van der Waals surface area (Å²) in [6.45, 7) is 1.85. The fourth-order valence-electron chi connectivity index (χ4n) is 0.824. The summed E-state index contributed by atoms with van der Waals surface area (Å²) in [4.78, 5) is 15.4. The van der Waals surface area contributed by atoms with Crippen molar-refractivity contribution in [2.24, 2.45) is 0 Å². The highest BCUT2D eigenvalue weighted by Gasteiger charge is 2.09. The van der Waals surface area contributed by atoms with E-state index in [1.807, 2.05) is 0 Å². The minimum atomic E-state index is -0.540. The molecule has 0 aliphatic heterocycles. The SMILES string of the molecule is CNc1nc(C(=O)NC[C@H](C)O)cs1. The molecule has 3 N–H and O–H groups in total. The van der Waals surface area contributed by atoms with Crippen LogP contribution in [0.25, 0.3) is 0 Å². The van der Waals surface area contributed by atoms with Gasteiger partial charge in [0.2, 0.25) is 0 Å². The molecule has 5 nitrogen and oxygen atoms in total. The van der Waals surface area contributed by atoms with Gasteiger partial charge < -0.3 is 15.7 Å². The third kappa shape index (κ3) is 2.97. The fourth-order valence-corrected chi connectivity index (χ4v) is 1.48. The first-order valence-corrected chi connectivity index (χ1v) is 5.11. The Bertz CT molecular complexity index is 311. The standard InChI is InChI=1S/C8H13N3O2S/c1-5(12)3-10-7(13)6-4-14-8(9-2)11-6/h4-5,12H,3H2,1-2H3,(H,9,11)(H,10,13)/t5-/m0/s1. The smallest absolute Gasteiger partial charge is 0.270 e. The van der Waals surface area contributed by atoms with E-state index < -0.39 is 6.10 Å². The predicted molar refractivity (Wildman–Crippen MR) is 55.7 cm³/mol.